The number of benzene rings is 4. The van der Waals surface area contributed by atoms with E-state index >= 15 is 61.5 Å². The van der Waals surface area contributed by atoms with E-state index in [0.29, 0.717) is 0 Å². The van der Waals surface area contributed by atoms with Crippen molar-refractivity contribution in [1.82, 2.24) is 0 Å². The fraction of sp³-hybridized carbons (Fsp3) is 0.250. The molecule has 0 saturated heterocycles. The van der Waals surface area contributed by atoms with Gasteiger partial charge < -0.3 is 4.48 Å². The first kappa shape index (κ1) is 41.2. The Hall–Kier alpha value is -4.56. The van der Waals surface area contributed by atoms with Gasteiger partial charge in [-0.15, -0.1) is 0 Å². The highest BCUT2D eigenvalue weighted by atomic mass is 19.2. The molecular formula is C32H16F20N+. The van der Waals surface area contributed by atoms with E-state index in [1.807, 2.05) is 0 Å². The molecule has 1 atom stereocenters. The van der Waals surface area contributed by atoms with Crippen molar-refractivity contribution in [3.8, 4) is 0 Å². The van der Waals surface area contributed by atoms with Crippen LogP contribution in [0.3, 0.4) is 0 Å². The Kier molecular flexibility index (Phi) is 10.9. The summed E-state index contributed by atoms with van der Waals surface area (Å²) in [4.78, 5) is 0. The second kappa shape index (κ2) is 14.0. The first-order chi connectivity index (χ1) is 24.5. The summed E-state index contributed by atoms with van der Waals surface area (Å²) >= 11 is 0. The first-order valence-corrected chi connectivity index (χ1v) is 14.4. The van der Waals surface area contributed by atoms with Crippen LogP contribution in [0.15, 0.2) is 0 Å². The second-order valence-corrected chi connectivity index (χ2v) is 11.2. The third-order valence-corrected chi connectivity index (χ3v) is 9.18. The van der Waals surface area contributed by atoms with Gasteiger partial charge in [0.2, 0.25) is 23.3 Å². The third-order valence-electron chi connectivity index (χ3n) is 9.18. The van der Waals surface area contributed by atoms with E-state index in [1.54, 1.807) is 0 Å². The van der Waals surface area contributed by atoms with Gasteiger partial charge in [0.25, 0.3) is 0 Å². The normalized spacial score (nSPS) is 13.0. The highest BCUT2D eigenvalue weighted by Crippen LogP contribution is 2.59. The van der Waals surface area contributed by atoms with Crippen molar-refractivity contribution in [2.24, 2.45) is 0 Å². The van der Waals surface area contributed by atoms with Crippen LogP contribution in [0.1, 0.15) is 49.1 Å². The van der Waals surface area contributed by atoms with Crippen LogP contribution < -0.4 is 0 Å². The van der Waals surface area contributed by atoms with E-state index in [4.69, 9.17) is 0 Å². The number of nitrogens with zero attached hydrogens (tertiary/aromatic N) is 1. The van der Waals surface area contributed by atoms with Crippen LogP contribution in [0, 0.1) is 116 Å². The Morgan fingerprint density at radius 1 is 0.302 bits per heavy atom. The van der Waals surface area contributed by atoms with Crippen molar-refractivity contribution in [3.63, 3.8) is 0 Å². The lowest BCUT2D eigenvalue weighted by atomic mass is 9.60. The number of hydrogen-bond donors (Lipinski definition) is 0. The molecule has 1 nitrogen and oxygen atoms in total. The fourth-order valence-electron chi connectivity index (χ4n) is 6.62. The average Bonchev–Trinajstić information content (AvgIpc) is 3.14. The van der Waals surface area contributed by atoms with Gasteiger partial charge in [0.1, 0.15) is 11.5 Å². The largest absolute Gasteiger partial charge is 0.317 e. The standard InChI is InChI=1S/C32H16F20N/c1-4-53(5-2,6-3)31(7-11(33)19(41)27(49)20(42)12(7)34)32(8-13(35)21(43)28(50)22(44)14(8)36,9-15(37)23(45)29(51)24(46)16(9)38)10-17(39)25(47)30(52)26(48)18(10)40/h31H,4-6H2,1-3H3/q+1. The van der Waals surface area contributed by atoms with E-state index < -0.39 is 174 Å². The number of likely N-dealkylation sites (N-methyl/N-ethyl adjacent to an activating group) is 1. The smallest absolute Gasteiger partial charge is 0.200 e. The van der Waals surface area contributed by atoms with Crippen LogP contribution >= 0.6 is 0 Å². The van der Waals surface area contributed by atoms with E-state index in [1.165, 1.54) is 0 Å². The summed E-state index contributed by atoms with van der Waals surface area (Å²) < 4.78 is 306. The zero-order valence-corrected chi connectivity index (χ0v) is 26.2. The molecule has 0 aliphatic rings. The number of quaternary nitrogens is 1. The fourth-order valence-corrected chi connectivity index (χ4v) is 6.62. The minimum Gasteiger partial charge on any atom is -0.317 e. The molecule has 4 aromatic rings. The molecule has 0 aromatic heterocycles. The Labute approximate surface area is 283 Å². The molecule has 4 rings (SSSR count). The second-order valence-electron chi connectivity index (χ2n) is 11.2. The van der Waals surface area contributed by atoms with Crippen LogP contribution in [-0.2, 0) is 5.41 Å². The molecule has 0 heterocycles. The summed E-state index contributed by atoms with van der Waals surface area (Å²) in [7, 11) is 0. The summed E-state index contributed by atoms with van der Waals surface area (Å²) in [6.07, 6.45) is 0. The molecular weight excluding hydrogens is 778 g/mol. The van der Waals surface area contributed by atoms with E-state index in [0.717, 1.165) is 20.8 Å². The van der Waals surface area contributed by atoms with Gasteiger partial charge in [0, 0.05) is 0 Å². The third kappa shape index (κ3) is 5.42. The molecule has 0 aliphatic carbocycles. The summed E-state index contributed by atoms with van der Waals surface area (Å²) in [6.45, 7) is -1.07. The van der Waals surface area contributed by atoms with E-state index in [9.17, 15) is 26.3 Å². The first-order valence-electron chi connectivity index (χ1n) is 14.4. The topological polar surface area (TPSA) is 0 Å². The SMILES string of the molecule is CC[N+](CC)(CC)C(c1c(F)c(F)c(F)c(F)c1F)C(c1c(F)c(F)c(F)c(F)c1F)(c1c(F)c(F)c(F)c(F)c1F)c1c(F)c(F)c(F)c(F)c1F. The van der Waals surface area contributed by atoms with Crippen molar-refractivity contribution in [3.05, 3.63) is 139 Å². The van der Waals surface area contributed by atoms with E-state index in [2.05, 4.69) is 0 Å². The monoisotopic (exact) mass is 794 g/mol. The lowest BCUT2D eigenvalue weighted by Gasteiger charge is -2.52. The average molecular weight is 794 g/mol. The quantitative estimate of drug-likeness (QED) is 0.0521. The van der Waals surface area contributed by atoms with Crippen LogP contribution in [0.2, 0.25) is 0 Å². The van der Waals surface area contributed by atoms with Crippen molar-refractivity contribution in [1.29, 1.82) is 0 Å². The number of rotatable bonds is 9. The summed E-state index contributed by atoms with van der Waals surface area (Å²) in [6, 6.07) is -4.10. The lowest BCUT2D eigenvalue weighted by molar-refractivity contribution is -0.956. The maximum Gasteiger partial charge on any atom is 0.200 e. The highest BCUT2D eigenvalue weighted by molar-refractivity contribution is 5.58. The maximum absolute atomic E-state index is 16.2. The highest BCUT2D eigenvalue weighted by Gasteiger charge is 2.65. The number of hydrogen-bond acceptors (Lipinski definition) is 0. The molecule has 0 amide bonds. The van der Waals surface area contributed by atoms with Gasteiger partial charge in [-0.1, -0.05) is 0 Å². The van der Waals surface area contributed by atoms with Gasteiger partial charge >= 0.3 is 0 Å². The maximum atomic E-state index is 16.2. The zero-order valence-electron chi connectivity index (χ0n) is 26.2. The predicted octanol–water partition coefficient (Wildman–Crippen LogP) is 10.4. The Bertz CT molecular complexity index is 1880. The van der Waals surface area contributed by atoms with Crippen molar-refractivity contribution in [2.75, 3.05) is 19.6 Å². The molecule has 53 heavy (non-hydrogen) atoms. The Balaban J connectivity index is 2.78. The Morgan fingerprint density at radius 3 is 0.660 bits per heavy atom. The minimum atomic E-state index is -5.64. The molecule has 288 valence electrons. The lowest BCUT2D eigenvalue weighted by Crippen LogP contribution is -2.60. The molecule has 0 N–H and O–H groups in total. The molecule has 0 spiro atoms. The summed E-state index contributed by atoms with van der Waals surface area (Å²) in [5, 5.41) is 0. The summed E-state index contributed by atoms with van der Waals surface area (Å²) in [5.41, 5.74) is -18.4. The summed E-state index contributed by atoms with van der Waals surface area (Å²) in [5.74, 6) is -67.5. The van der Waals surface area contributed by atoms with Gasteiger partial charge in [-0.25, -0.2) is 87.8 Å². The van der Waals surface area contributed by atoms with Gasteiger partial charge in [-0.05, 0) is 20.8 Å². The van der Waals surface area contributed by atoms with Gasteiger partial charge in [-0.2, -0.15) is 0 Å². The number of halogens is 20. The van der Waals surface area contributed by atoms with Crippen LogP contribution in [0.4, 0.5) is 87.8 Å². The van der Waals surface area contributed by atoms with Crippen molar-refractivity contribution in [2.45, 2.75) is 32.2 Å². The van der Waals surface area contributed by atoms with Gasteiger partial charge in [0.05, 0.1) is 41.9 Å². The minimum absolute atomic E-state index is 0.784. The molecule has 0 bridgehead atoms. The zero-order chi connectivity index (χ0) is 40.6. The van der Waals surface area contributed by atoms with Gasteiger partial charge in [-0.3, -0.25) is 0 Å². The van der Waals surface area contributed by atoms with Crippen LogP contribution in [-0.4, -0.2) is 24.1 Å². The van der Waals surface area contributed by atoms with E-state index in [-0.39, 0.29) is 0 Å². The Morgan fingerprint density at radius 2 is 0.472 bits per heavy atom. The van der Waals surface area contributed by atoms with Crippen molar-refractivity contribution < 1.29 is 92.3 Å². The molecule has 1 unspecified atom stereocenters. The molecule has 21 heteroatoms. The molecule has 0 radical (unpaired) electrons. The molecule has 0 saturated carbocycles. The predicted molar refractivity (Wildman–Crippen MR) is 139 cm³/mol. The van der Waals surface area contributed by atoms with Gasteiger partial charge in [0.15, 0.2) is 93.1 Å². The van der Waals surface area contributed by atoms with Crippen LogP contribution in [0.25, 0.3) is 0 Å². The molecule has 4 aromatic carbocycles. The van der Waals surface area contributed by atoms with Crippen molar-refractivity contribution >= 4 is 0 Å². The van der Waals surface area contributed by atoms with Crippen LogP contribution in [0.5, 0.6) is 0 Å². The molecule has 0 aliphatic heterocycles. The molecule has 0 fully saturated rings.